The fourth-order valence-electron chi connectivity index (χ4n) is 1.32. The smallest absolute Gasteiger partial charge is 0.311 e. The maximum atomic E-state index is 12.3. The zero-order valence-corrected chi connectivity index (χ0v) is 13.1. The lowest BCUT2D eigenvalue weighted by Gasteiger charge is -2.24. The summed E-state index contributed by atoms with van der Waals surface area (Å²) in [5.74, 6) is -1.02. The van der Waals surface area contributed by atoms with E-state index in [1.807, 2.05) is 6.92 Å². The number of hydrogen-bond donors (Lipinski definition) is 0. The van der Waals surface area contributed by atoms with Crippen LogP contribution in [0.5, 0.6) is 0 Å². The fraction of sp³-hybridized carbons (Fsp3) is 0.500. The Balaban J connectivity index is 2.81. The van der Waals surface area contributed by atoms with Gasteiger partial charge in [0.1, 0.15) is 0 Å². The maximum absolute atomic E-state index is 12.3. The molecule has 5 heteroatoms. The molecular formula is C16H23NO4. The lowest BCUT2D eigenvalue weighted by Crippen LogP contribution is -2.38. The summed E-state index contributed by atoms with van der Waals surface area (Å²) in [6.45, 7) is 7.46. The van der Waals surface area contributed by atoms with E-state index in [-0.39, 0.29) is 0 Å². The van der Waals surface area contributed by atoms with Gasteiger partial charge >= 0.3 is 11.9 Å². The molecule has 0 heterocycles. The van der Waals surface area contributed by atoms with Crippen molar-refractivity contribution < 1.29 is 19.3 Å². The van der Waals surface area contributed by atoms with E-state index in [0.717, 1.165) is 12.8 Å². The highest BCUT2D eigenvalue weighted by atomic mass is 17.0. The van der Waals surface area contributed by atoms with Crippen molar-refractivity contribution in [2.75, 3.05) is 6.61 Å². The average molecular weight is 293 g/mol. The molecule has 0 saturated heterocycles. The summed E-state index contributed by atoms with van der Waals surface area (Å²) in [6.07, 6.45) is 1.69. The van der Waals surface area contributed by atoms with Crippen molar-refractivity contribution in [3.05, 3.63) is 35.9 Å². The van der Waals surface area contributed by atoms with Gasteiger partial charge in [0.2, 0.25) is 0 Å². The minimum absolute atomic E-state index is 0.312. The number of unbranched alkanes of at least 4 members (excludes halogenated alkanes) is 1. The van der Waals surface area contributed by atoms with Crippen LogP contribution < -0.4 is 0 Å². The molecule has 0 radical (unpaired) electrons. The summed E-state index contributed by atoms with van der Waals surface area (Å²) in [5.41, 5.74) is -0.320. The molecular weight excluding hydrogens is 270 g/mol. The van der Waals surface area contributed by atoms with Gasteiger partial charge < -0.3 is 4.84 Å². The number of rotatable bonds is 5. The average Bonchev–Trinajstić information content (AvgIpc) is 2.45. The minimum atomic E-state index is -0.719. The van der Waals surface area contributed by atoms with Gasteiger partial charge in [0.05, 0.1) is 12.0 Å². The van der Waals surface area contributed by atoms with Gasteiger partial charge in [0.15, 0.2) is 0 Å². The van der Waals surface area contributed by atoms with Crippen LogP contribution in [0, 0.1) is 5.41 Å². The monoisotopic (exact) mass is 293 g/mol. The van der Waals surface area contributed by atoms with Gasteiger partial charge in [-0.05, 0) is 44.6 Å². The third kappa shape index (κ3) is 5.55. The largest absolute Gasteiger partial charge is 0.340 e. The van der Waals surface area contributed by atoms with E-state index in [2.05, 4.69) is 0 Å². The van der Waals surface area contributed by atoms with Crippen LogP contribution in [-0.2, 0) is 14.5 Å². The van der Waals surface area contributed by atoms with E-state index >= 15 is 0 Å². The molecule has 1 aromatic rings. The number of hydroxylamine groups is 2. The van der Waals surface area contributed by atoms with Crippen molar-refractivity contribution in [3.63, 3.8) is 0 Å². The summed E-state index contributed by atoms with van der Waals surface area (Å²) in [5, 5.41) is 0.693. The van der Waals surface area contributed by atoms with E-state index in [1.165, 1.54) is 0 Å². The summed E-state index contributed by atoms with van der Waals surface area (Å²) in [7, 11) is 0. The molecule has 1 aromatic carbocycles. The van der Waals surface area contributed by atoms with Crippen LogP contribution >= 0.6 is 0 Å². The number of hydrogen-bond acceptors (Lipinski definition) is 4. The summed E-state index contributed by atoms with van der Waals surface area (Å²) >= 11 is 0. The molecule has 0 atom stereocenters. The molecule has 0 aromatic heterocycles. The van der Waals surface area contributed by atoms with Crippen molar-refractivity contribution >= 4 is 11.9 Å². The Morgan fingerprint density at radius 3 is 2.29 bits per heavy atom. The van der Waals surface area contributed by atoms with Crippen molar-refractivity contribution in [3.8, 4) is 0 Å². The Kier molecular flexibility index (Phi) is 6.37. The topological polar surface area (TPSA) is 55.8 Å². The first-order chi connectivity index (χ1) is 9.86. The molecule has 5 nitrogen and oxygen atoms in total. The Hall–Kier alpha value is -1.88. The molecule has 21 heavy (non-hydrogen) atoms. The van der Waals surface area contributed by atoms with Gasteiger partial charge in [0, 0.05) is 5.56 Å². The second-order valence-corrected chi connectivity index (χ2v) is 5.74. The number of amides is 1. The Bertz CT molecular complexity index is 465. The van der Waals surface area contributed by atoms with Crippen LogP contribution in [0.4, 0.5) is 0 Å². The molecule has 0 unspecified atom stereocenters. The van der Waals surface area contributed by atoms with E-state index in [1.54, 1.807) is 51.1 Å². The van der Waals surface area contributed by atoms with Gasteiger partial charge in [0.25, 0.3) is 0 Å². The zero-order chi connectivity index (χ0) is 15.9. The van der Waals surface area contributed by atoms with E-state index in [0.29, 0.717) is 17.4 Å². The standard InChI is InChI=1S/C16H23NO4/c1-5-6-12-20-17(21-15(19)16(2,3)4)14(18)13-10-8-7-9-11-13/h7-11H,5-6,12H2,1-4H3. The van der Waals surface area contributed by atoms with Crippen molar-refractivity contribution in [2.24, 2.45) is 5.41 Å². The highest BCUT2D eigenvalue weighted by Crippen LogP contribution is 2.17. The Morgan fingerprint density at radius 1 is 1.14 bits per heavy atom. The normalized spacial score (nSPS) is 11.0. The first kappa shape index (κ1) is 17.2. The van der Waals surface area contributed by atoms with Gasteiger partial charge in [-0.25, -0.2) is 9.63 Å². The molecule has 0 aliphatic heterocycles. The first-order valence-electron chi connectivity index (χ1n) is 7.11. The van der Waals surface area contributed by atoms with Crippen LogP contribution in [0.1, 0.15) is 50.9 Å². The van der Waals surface area contributed by atoms with Gasteiger partial charge in [-0.2, -0.15) is 0 Å². The van der Waals surface area contributed by atoms with Gasteiger partial charge in [-0.3, -0.25) is 4.79 Å². The third-order valence-electron chi connectivity index (χ3n) is 2.67. The second-order valence-electron chi connectivity index (χ2n) is 5.74. The summed E-state index contributed by atoms with van der Waals surface area (Å²) in [4.78, 5) is 34.7. The number of carbonyl (C=O) groups excluding carboxylic acids is 2. The molecule has 0 fully saturated rings. The molecule has 1 amide bonds. The third-order valence-corrected chi connectivity index (χ3v) is 2.67. The molecule has 0 N–H and O–H groups in total. The summed E-state index contributed by atoms with van der Waals surface area (Å²) < 4.78 is 0. The molecule has 116 valence electrons. The molecule has 0 aliphatic carbocycles. The second kappa shape index (κ2) is 7.78. The van der Waals surface area contributed by atoms with Gasteiger partial charge in [-0.15, -0.1) is 0 Å². The number of benzene rings is 1. The highest BCUT2D eigenvalue weighted by molar-refractivity contribution is 5.93. The van der Waals surface area contributed by atoms with Crippen LogP contribution in [-0.4, -0.2) is 23.7 Å². The number of nitrogens with zero attached hydrogens (tertiary/aromatic N) is 1. The van der Waals surface area contributed by atoms with Crippen molar-refractivity contribution in [1.29, 1.82) is 0 Å². The lowest BCUT2D eigenvalue weighted by atomic mass is 9.98. The molecule has 0 spiro atoms. The van der Waals surface area contributed by atoms with E-state index in [9.17, 15) is 9.59 Å². The number of carbonyl (C=O) groups is 2. The van der Waals surface area contributed by atoms with Gasteiger partial charge in [-0.1, -0.05) is 31.5 Å². The fourth-order valence-corrected chi connectivity index (χ4v) is 1.32. The van der Waals surface area contributed by atoms with Crippen LogP contribution in [0.15, 0.2) is 30.3 Å². The van der Waals surface area contributed by atoms with Crippen molar-refractivity contribution in [2.45, 2.75) is 40.5 Å². The van der Waals surface area contributed by atoms with E-state index < -0.39 is 17.3 Å². The predicted octanol–water partition coefficient (Wildman–Crippen LogP) is 3.36. The predicted molar refractivity (Wildman–Crippen MR) is 79.0 cm³/mol. The van der Waals surface area contributed by atoms with Crippen molar-refractivity contribution in [1.82, 2.24) is 5.23 Å². The van der Waals surface area contributed by atoms with Crippen LogP contribution in [0.2, 0.25) is 0 Å². The molecule has 1 rings (SSSR count). The van der Waals surface area contributed by atoms with Crippen LogP contribution in [0.25, 0.3) is 0 Å². The highest BCUT2D eigenvalue weighted by Gasteiger charge is 2.29. The zero-order valence-electron chi connectivity index (χ0n) is 13.1. The molecule has 0 bridgehead atoms. The van der Waals surface area contributed by atoms with E-state index in [4.69, 9.17) is 9.68 Å². The quantitative estimate of drug-likeness (QED) is 0.617. The lowest BCUT2D eigenvalue weighted by molar-refractivity contribution is -0.312. The minimum Gasteiger partial charge on any atom is -0.311 e. The van der Waals surface area contributed by atoms with Crippen LogP contribution in [0.3, 0.4) is 0 Å². The molecule has 0 aliphatic rings. The maximum Gasteiger partial charge on any atom is 0.340 e. The SMILES string of the molecule is CCCCON(OC(=O)C(C)(C)C)C(=O)c1ccccc1. The Labute approximate surface area is 125 Å². The Morgan fingerprint density at radius 2 is 1.76 bits per heavy atom. The first-order valence-corrected chi connectivity index (χ1v) is 7.11. The molecule has 0 saturated carbocycles. The summed E-state index contributed by atoms with van der Waals surface area (Å²) in [6, 6.07) is 8.57.